The molecule has 1 aliphatic rings. The normalized spacial score (nSPS) is 18.3. The van der Waals surface area contributed by atoms with E-state index in [1.54, 1.807) is 6.07 Å². The smallest absolute Gasteiger partial charge is 0.125 e. The molecule has 0 saturated heterocycles. The molecule has 1 aliphatic carbocycles. The zero-order chi connectivity index (χ0) is 10.7. The lowest BCUT2D eigenvalue weighted by molar-refractivity contribution is 0.0576. The zero-order valence-electron chi connectivity index (χ0n) is 8.67. The molecule has 1 aromatic carbocycles. The van der Waals surface area contributed by atoms with Crippen LogP contribution < -0.4 is 5.32 Å². The van der Waals surface area contributed by atoms with Crippen molar-refractivity contribution in [3.8, 4) is 0 Å². The Kier molecular flexibility index (Phi) is 2.91. The van der Waals surface area contributed by atoms with E-state index in [0.717, 1.165) is 25.1 Å². The van der Waals surface area contributed by atoms with E-state index in [1.807, 2.05) is 6.07 Å². The average molecular weight is 209 g/mol. The Morgan fingerprint density at radius 1 is 1.40 bits per heavy atom. The van der Waals surface area contributed by atoms with Gasteiger partial charge in [-0.3, -0.25) is 0 Å². The summed E-state index contributed by atoms with van der Waals surface area (Å²) >= 11 is 0. The quantitative estimate of drug-likeness (QED) is 0.798. The van der Waals surface area contributed by atoms with E-state index in [-0.39, 0.29) is 17.8 Å². The van der Waals surface area contributed by atoms with Crippen molar-refractivity contribution in [1.82, 2.24) is 0 Å². The van der Waals surface area contributed by atoms with Gasteiger partial charge in [-0.1, -0.05) is 12.5 Å². The van der Waals surface area contributed by atoms with Crippen molar-refractivity contribution < 1.29 is 9.50 Å². The van der Waals surface area contributed by atoms with Crippen LogP contribution in [0.4, 0.5) is 10.1 Å². The molecule has 0 heterocycles. The summed E-state index contributed by atoms with van der Waals surface area (Å²) in [4.78, 5) is 0. The largest absolute Gasteiger partial charge is 0.396 e. The van der Waals surface area contributed by atoms with Crippen molar-refractivity contribution in [3.63, 3.8) is 0 Å². The first-order chi connectivity index (χ1) is 7.24. The summed E-state index contributed by atoms with van der Waals surface area (Å²) in [6, 6.07) is 6.43. The molecular formula is C12H16FNO. The molecule has 0 atom stereocenters. The molecule has 0 radical (unpaired) electrons. The van der Waals surface area contributed by atoms with Gasteiger partial charge in [0.05, 0.1) is 6.61 Å². The number of halogens is 1. The highest BCUT2D eigenvalue weighted by Crippen LogP contribution is 2.40. The summed E-state index contributed by atoms with van der Waals surface area (Å²) in [5.74, 6) is -0.230. The van der Waals surface area contributed by atoms with Crippen LogP contribution in [0.1, 0.15) is 19.3 Å². The van der Waals surface area contributed by atoms with Gasteiger partial charge in [0.2, 0.25) is 0 Å². The molecule has 3 heteroatoms. The van der Waals surface area contributed by atoms with Gasteiger partial charge in [0.25, 0.3) is 0 Å². The van der Waals surface area contributed by atoms with Crippen LogP contribution in [-0.4, -0.2) is 18.3 Å². The van der Waals surface area contributed by atoms with Crippen LogP contribution in [0.3, 0.4) is 0 Å². The molecule has 0 spiro atoms. The molecule has 1 fully saturated rings. The maximum Gasteiger partial charge on any atom is 0.125 e. The molecular weight excluding hydrogens is 193 g/mol. The van der Waals surface area contributed by atoms with Gasteiger partial charge in [0.1, 0.15) is 5.82 Å². The van der Waals surface area contributed by atoms with E-state index in [0.29, 0.717) is 0 Å². The Morgan fingerprint density at radius 3 is 2.73 bits per heavy atom. The molecule has 15 heavy (non-hydrogen) atoms. The second kappa shape index (κ2) is 4.19. The van der Waals surface area contributed by atoms with Crippen molar-refractivity contribution in [2.45, 2.75) is 19.3 Å². The minimum absolute atomic E-state index is 0.0340. The van der Waals surface area contributed by atoms with Gasteiger partial charge in [-0.2, -0.15) is 0 Å². The summed E-state index contributed by atoms with van der Waals surface area (Å²) < 4.78 is 12.9. The van der Waals surface area contributed by atoms with Crippen molar-refractivity contribution in [2.75, 3.05) is 18.5 Å². The van der Waals surface area contributed by atoms with E-state index in [4.69, 9.17) is 0 Å². The number of rotatable bonds is 4. The molecule has 1 aromatic rings. The Morgan fingerprint density at radius 2 is 2.20 bits per heavy atom. The van der Waals surface area contributed by atoms with E-state index in [1.165, 1.54) is 18.6 Å². The second-order valence-electron chi connectivity index (χ2n) is 4.38. The predicted octanol–water partition coefficient (Wildman–Crippen LogP) is 2.40. The second-order valence-corrected chi connectivity index (χ2v) is 4.38. The van der Waals surface area contributed by atoms with Crippen molar-refractivity contribution in [1.29, 1.82) is 0 Å². The van der Waals surface area contributed by atoms with Crippen LogP contribution in [-0.2, 0) is 0 Å². The highest BCUT2D eigenvalue weighted by atomic mass is 19.1. The lowest BCUT2D eigenvalue weighted by atomic mass is 9.69. The summed E-state index contributed by atoms with van der Waals surface area (Å²) in [5.41, 5.74) is 0.821. The molecule has 1 saturated carbocycles. The van der Waals surface area contributed by atoms with Crippen LogP contribution in [0.15, 0.2) is 24.3 Å². The topological polar surface area (TPSA) is 32.3 Å². The van der Waals surface area contributed by atoms with Crippen molar-refractivity contribution in [3.05, 3.63) is 30.1 Å². The van der Waals surface area contributed by atoms with Crippen molar-refractivity contribution in [2.24, 2.45) is 5.41 Å². The lowest BCUT2D eigenvalue weighted by Gasteiger charge is -2.40. The van der Waals surface area contributed by atoms with Gasteiger partial charge < -0.3 is 10.4 Å². The van der Waals surface area contributed by atoms with Crippen LogP contribution in [0.25, 0.3) is 0 Å². The summed E-state index contributed by atoms with van der Waals surface area (Å²) in [7, 11) is 0. The molecule has 0 aromatic heterocycles. The molecule has 2 N–H and O–H groups in total. The Hall–Kier alpha value is -1.09. The summed E-state index contributed by atoms with van der Waals surface area (Å²) in [6.07, 6.45) is 3.31. The first-order valence-corrected chi connectivity index (χ1v) is 5.34. The summed E-state index contributed by atoms with van der Waals surface area (Å²) in [6.45, 7) is 0.947. The first kappa shape index (κ1) is 10.4. The van der Waals surface area contributed by atoms with Gasteiger partial charge in [-0.15, -0.1) is 0 Å². The van der Waals surface area contributed by atoms with Crippen LogP contribution in [0.2, 0.25) is 0 Å². The van der Waals surface area contributed by atoms with Crippen molar-refractivity contribution >= 4 is 5.69 Å². The minimum atomic E-state index is -0.230. The number of benzene rings is 1. The zero-order valence-corrected chi connectivity index (χ0v) is 8.67. The van der Waals surface area contributed by atoms with E-state index < -0.39 is 0 Å². The fraction of sp³-hybridized carbons (Fsp3) is 0.500. The molecule has 2 rings (SSSR count). The highest BCUT2D eigenvalue weighted by molar-refractivity contribution is 5.43. The molecule has 2 nitrogen and oxygen atoms in total. The standard InChI is InChI=1S/C12H16FNO/c13-10-3-1-4-11(7-10)14-8-12(9-15)5-2-6-12/h1,3-4,7,14-15H,2,5-6,8-9H2. The first-order valence-electron chi connectivity index (χ1n) is 5.34. The maximum atomic E-state index is 12.9. The van der Waals surface area contributed by atoms with E-state index in [2.05, 4.69) is 5.32 Å². The average Bonchev–Trinajstić information content (AvgIpc) is 2.17. The third-order valence-electron chi connectivity index (χ3n) is 3.24. The van der Waals surface area contributed by atoms with Gasteiger partial charge in [0.15, 0.2) is 0 Å². The molecule has 0 amide bonds. The molecule has 0 unspecified atom stereocenters. The number of anilines is 1. The van der Waals surface area contributed by atoms with Crippen LogP contribution in [0, 0.1) is 11.2 Å². The Balaban J connectivity index is 1.92. The number of aliphatic hydroxyl groups excluding tert-OH is 1. The number of aliphatic hydroxyl groups is 1. The van der Waals surface area contributed by atoms with Gasteiger partial charge in [-0.25, -0.2) is 4.39 Å². The van der Waals surface area contributed by atoms with Gasteiger partial charge in [0, 0.05) is 17.6 Å². The highest BCUT2D eigenvalue weighted by Gasteiger charge is 2.35. The number of nitrogens with one attached hydrogen (secondary N) is 1. The van der Waals surface area contributed by atoms with E-state index >= 15 is 0 Å². The predicted molar refractivity (Wildman–Crippen MR) is 58.3 cm³/mol. The lowest BCUT2D eigenvalue weighted by Crippen LogP contribution is -2.39. The fourth-order valence-corrected chi connectivity index (χ4v) is 1.96. The maximum absolute atomic E-state index is 12.9. The summed E-state index contributed by atoms with van der Waals surface area (Å²) in [5, 5.41) is 12.4. The van der Waals surface area contributed by atoms with Gasteiger partial charge in [-0.05, 0) is 31.0 Å². The third kappa shape index (κ3) is 2.29. The Labute approximate surface area is 89.1 Å². The Bertz CT molecular complexity index is 331. The molecule has 0 bridgehead atoms. The van der Waals surface area contributed by atoms with E-state index in [9.17, 15) is 9.50 Å². The number of hydrogen-bond donors (Lipinski definition) is 2. The molecule has 82 valence electrons. The fourth-order valence-electron chi connectivity index (χ4n) is 1.96. The minimum Gasteiger partial charge on any atom is -0.396 e. The van der Waals surface area contributed by atoms with Crippen LogP contribution >= 0.6 is 0 Å². The van der Waals surface area contributed by atoms with Gasteiger partial charge >= 0.3 is 0 Å². The third-order valence-corrected chi connectivity index (χ3v) is 3.24. The molecule has 0 aliphatic heterocycles. The monoisotopic (exact) mass is 209 g/mol. The van der Waals surface area contributed by atoms with Crippen LogP contribution in [0.5, 0.6) is 0 Å². The number of hydrogen-bond acceptors (Lipinski definition) is 2. The SMILES string of the molecule is OCC1(CNc2cccc(F)c2)CCC1.